The lowest BCUT2D eigenvalue weighted by Crippen LogP contribution is -2.09. The molecule has 2 aromatic carbocycles. The minimum Gasteiger partial charge on any atom is -0.331 e. The smallest absolute Gasteiger partial charge is 0.229 e. The van der Waals surface area contributed by atoms with Crippen molar-refractivity contribution in [2.24, 2.45) is 0 Å². The summed E-state index contributed by atoms with van der Waals surface area (Å²) in [6, 6.07) is 12.7. The van der Waals surface area contributed by atoms with Crippen LogP contribution in [0.4, 0.5) is 10.1 Å². The minimum absolute atomic E-state index is 0.0486. The fourth-order valence-corrected chi connectivity index (χ4v) is 3.47. The Bertz CT molecular complexity index is 1230. The molecule has 3 aromatic rings. The molecule has 1 heterocycles. The molecule has 8 heteroatoms. The molecule has 3 rings (SSSR count). The Morgan fingerprint density at radius 3 is 2.52 bits per heavy atom. The first-order valence-electron chi connectivity index (χ1n) is 7.95. The van der Waals surface area contributed by atoms with E-state index in [-0.39, 0.29) is 5.56 Å². The van der Waals surface area contributed by atoms with Gasteiger partial charge in [-0.2, -0.15) is 10.5 Å². The van der Waals surface area contributed by atoms with Crippen LogP contribution in [-0.4, -0.2) is 19.2 Å². The molecule has 0 spiro atoms. The first-order valence-corrected chi connectivity index (χ1v) is 9.84. The second-order valence-corrected chi connectivity index (χ2v) is 7.92. The first kappa shape index (κ1) is 18.4. The summed E-state index contributed by atoms with van der Waals surface area (Å²) in [5, 5.41) is 19.0. The third-order valence-corrected chi connectivity index (χ3v) is 4.75. The highest BCUT2D eigenvalue weighted by Crippen LogP contribution is 2.34. The van der Waals surface area contributed by atoms with Crippen molar-refractivity contribution in [1.29, 1.82) is 10.5 Å². The Morgan fingerprint density at radius 1 is 1.19 bits per heavy atom. The topological polar surface area (TPSA) is 98.7 Å². The molecule has 1 N–H and O–H groups in total. The van der Waals surface area contributed by atoms with Crippen molar-refractivity contribution in [3.05, 3.63) is 54.0 Å². The lowest BCUT2D eigenvalue weighted by atomic mass is 10.0. The summed E-state index contributed by atoms with van der Waals surface area (Å²) in [5.41, 5.74) is 2.20. The maximum atomic E-state index is 14.1. The molecule has 27 heavy (non-hydrogen) atoms. The highest BCUT2D eigenvalue weighted by atomic mass is 32.2. The van der Waals surface area contributed by atoms with Gasteiger partial charge in [0.15, 0.2) is 0 Å². The van der Waals surface area contributed by atoms with Gasteiger partial charge in [0.2, 0.25) is 10.0 Å². The SMILES string of the molecule is CC(C#N)n1cc(-c2ccc(C#N)c(F)c2)c2ccc(NS(C)(=O)=O)cc21. The zero-order valence-electron chi connectivity index (χ0n) is 14.6. The van der Waals surface area contributed by atoms with Gasteiger partial charge in [-0.25, -0.2) is 12.8 Å². The van der Waals surface area contributed by atoms with Crippen LogP contribution in [0, 0.1) is 28.5 Å². The normalized spacial score (nSPS) is 12.3. The fraction of sp³-hybridized carbons (Fsp3) is 0.158. The lowest BCUT2D eigenvalue weighted by molar-refractivity contribution is 0.607. The molecule has 0 radical (unpaired) electrons. The minimum atomic E-state index is -3.45. The zero-order valence-corrected chi connectivity index (χ0v) is 15.4. The van der Waals surface area contributed by atoms with Gasteiger partial charge in [0.1, 0.15) is 17.9 Å². The van der Waals surface area contributed by atoms with Gasteiger partial charge in [-0.1, -0.05) is 12.1 Å². The van der Waals surface area contributed by atoms with Crippen molar-refractivity contribution in [3.8, 4) is 23.3 Å². The predicted octanol–water partition coefficient (Wildman–Crippen LogP) is 3.78. The Hall–Kier alpha value is -3.36. The van der Waals surface area contributed by atoms with Gasteiger partial charge in [0, 0.05) is 17.1 Å². The molecule has 1 aromatic heterocycles. The van der Waals surface area contributed by atoms with E-state index in [9.17, 15) is 18.1 Å². The first-order chi connectivity index (χ1) is 12.7. The molecule has 0 aliphatic rings. The van der Waals surface area contributed by atoms with Crippen molar-refractivity contribution < 1.29 is 12.8 Å². The zero-order chi connectivity index (χ0) is 19.8. The van der Waals surface area contributed by atoms with Crippen LogP contribution in [0.5, 0.6) is 0 Å². The average molecular weight is 382 g/mol. The molecular formula is C19H15FN4O2S. The number of sulfonamides is 1. The van der Waals surface area contributed by atoms with Gasteiger partial charge >= 0.3 is 0 Å². The third kappa shape index (κ3) is 3.62. The van der Waals surface area contributed by atoms with Gasteiger partial charge in [0.05, 0.1) is 29.1 Å². The fourth-order valence-electron chi connectivity index (χ4n) is 2.91. The van der Waals surface area contributed by atoms with E-state index in [1.165, 1.54) is 12.1 Å². The second kappa shape index (κ2) is 6.75. The number of halogens is 1. The van der Waals surface area contributed by atoms with E-state index in [0.29, 0.717) is 22.3 Å². The van der Waals surface area contributed by atoms with Crippen molar-refractivity contribution in [2.45, 2.75) is 13.0 Å². The molecule has 0 aliphatic heterocycles. The van der Waals surface area contributed by atoms with Crippen LogP contribution < -0.4 is 4.72 Å². The lowest BCUT2D eigenvalue weighted by Gasteiger charge is -2.09. The van der Waals surface area contributed by atoms with Crippen LogP contribution in [0.3, 0.4) is 0 Å². The average Bonchev–Trinajstić information content (AvgIpc) is 2.98. The predicted molar refractivity (Wildman–Crippen MR) is 101 cm³/mol. The van der Waals surface area contributed by atoms with Gasteiger partial charge in [0.25, 0.3) is 0 Å². The summed E-state index contributed by atoms with van der Waals surface area (Å²) >= 11 is 0. The van der Waals surface area contributed by atoms with E-state index >= 15 is 0 Å². The van der Waals surface area contributed by atoms with Gasteiger partial charge in [-0.3, -0.25) is 4.72 Å². The molecule has 0 saturated carbocycles. The molecular weight excluding hydrogens is 367 g/mol. The Labute approximate surface area is 156 Å². The Morgan fingerprint density at radius 2 is 1.93 bits per heavy atom. The van der Waals surface area contributed by atoms with Crippen LogP contribution in [0.2, 0.25) is 0 Å². The second-order valence-electron chi connectivity index (χ2n) is 6.17. The van der Waals surface area contributed by atoms with E-state index in [2.05, 4.69) is 10.8 Å². The number of rotatable bonds is 4. The van der Waals surface area contributed by atoms with Gasteiger partial charge in [-0.05, 0) is 36.8 Å². The number of hydrogen-bond donors (Lipinski definition) is 1. The summed E-state index contributed by atoms with van der Waals surface area (Å²) in [6.07, 6.45) is 2.78. The molecule has 136 valence electrons. The summed E-state index contributed by atoms with van der Waals surface area (Å²) in [4.78, 5) is 0. The molecule has 0 amide bonds. The van der Waals surface area contributed by atoms with E-state index < -0.39 is 21.9 Å². The Kier molecular flexibility index (Phi) is 4.61. The largest absolute Gasteiger partial charge is 0.331 e. The maximum absolute atomic E-state index is 14.1. The maximum Gasteiger partial charge on any atom is 0.229 e. The van der Waals surface area contributed by atoms with Gasteiger partial charge < -0.3 is 4.57 Å². The molecule has 1 atom stereocenters. The highest BCUT2D eigenvalue weighted by Gasteiger charge is 2.16. The van der Waals surface area contributed by atoms with E-state index in [1.54, 1.807) is 48.0 Å². The Balaban J connectivity index is 2.24. The van der Waals surface area contributed by atoms with E-state index in [0.717, 1.165) is 11.6 Å². The molecule has 0 fully saturated rings. The van der Waals surface area contributed by atoms with Crippen molar-refractivity contribution in [1.82, 2.24) is 4.57 Å². The van der Waals surface area contributed by atoms with E-state index in [1.807, 2.05) is 0 Å². The summed E-state index contributed by atoms with van der Waals surface area (Å²) in [7, 11) is -3.45. The number of nitrogens with zero attached hydrogens (tertiary/aromatic N) is 3. The summed E-state index contributed by atoms with van der Waals surface area (Å²) in [5.74, 6) is -0.625. The number of fused-ring (bicyclic) bond motifs is 1. The van der Waals surface area contributed by atoms with Crippen molar-refractivity contribution >= 4 is 26.6 Å². The molecule has 0 aliphatic carbocycles. The number of hydrogen-bond acceptors (Lipinski definition) is 4. The quantitative estimate of drug-likeness (QED) is 0.742. The molecule has 1 unspecified atom stereocenters. The van der Waals surface area contributed by atoms with Crippen LogP contribution in [0.1, 0.15) is 18.5 Å². The van der Waals surface area contributed by atoms with Crippen molar-refractivity contribution in [2.75, 3.05) is 11.0 Å². The van der Waals surface area contributed by atoms with Crippen LogP contribution in [-0.2, 0) is 10.0 Å². The molecule has 0 saturated heterocycles. The number of nitriles is 2. The van der Waals surface area contributed by atoms with Crippen LogP contribution >= 0.6 is 0 Å². The number of nitrogens with one attached hydrogen (secondary N) is 1. The number of anilines is 1. The molecule has 6 nitrogen and oxygen atoms in total. The standard InChI is InChI=1S/C19H15FN4O2S/c1-12(9-21)24-11-17(13-3-4-14(10-22)18(20)7-13)16-6-5-15(8-19(16)24)23-27(2,25)26/h3-8,11-12,23H,1-2H3. The van der Waals surface area contributed by atoms with Gasteiger partial charge in [-0.15, -0.1) is 0 Å². The van der Waals surface area contributed by atoms with E-state index in [4.69, 9.17) is 5.26 Å². The monoisotopic (exact) mass is 382 g/mol. The van der Waals surface area contributed by atoms with Crippen molar-refractivity contribution in [3.63, 3.8) is 0 Å². The number of benzene rings is 2. The highest BCUT2D eigenvalue weighted by molar-refractivity contribution is 7.92. The third-order valence-electron chi connectivity index (χ3n) is 4.14. The van der Waals surface area contributed by atoms with Crippen LogP contribution in [0.15, 0.2) is 42.6 Å². The summed E-state index contributed by atoms with van der Waals surface area (Å²) in [6.45, 7) is 1.71. The van der Waals surface area contributed by atoms with Crippen LogP contribution in [0.25, 0.3) is 22.0 Å². The summed E-state index contributed by atoms with van der Waals surface area (Å²) < 4.78 is 41.2. The number of aromatic nitrogens is 1. The molecule has 0 bridgehead atoms.